The largest absolute Gasteiger partial charge is 0.493 e. The Bertz CT molecular complexity index is 758. The number of benzene rings is 1. The van der Waals surface area contributed by atoms with E-state index in [1.54, 1.807) is 14.2 Å². The van der Waals surface area contributed by atoms with Gasteiger partial charge in [0.25, 0.3) is 0 Å². The van der Waals surface area contributed by atoms with Crippen molar-refractivity contribution in [3.8, 4) is 17.6 Å². The second kappa shape index (κ2) is 6.48. The third-order valence-electron chi connectivity index (χ3n) is 4.98. The fourth-order valence-electron chi connectivity index (χ4n) is 3.80. The van der Waals surface area contributed by atoms with E-state index in [-0.39, 0.29) is 6.04 Å². The highest BCUT2D eigenvalue weighted by Crippen LogP contribution is 2.44. The van der Waals surface area contributed by atoms with Crippen LogP contribution in [0, 0.1) is 17.2 Å². The van der Waals surface area contributed by atoms with Gasteiger partial charge in [-0.1, -0.05) is 13.0 Å². The molecule has 1 aromatic carbocycles. The number of ether oxygens (including phenoxy) is 2. The highest BCUT2D eigenvalue weighted by atomic mass is 16.5. The Labute approximate surface area is 142 Å². The van der Waals surface area contributed by atoms with E-state index in [0.29, 0.717) is 28.8 Å². The number of nitriles is 1. The number of hydrogen-bond acceptors (Lipinski definition) is 5. The average molecular weight is 325 g/mol. The van der Waals surface area contributed by atoms with Crippen molar-refractivity contribution in [3.05, 3.63) is 46.3 Å². The van der Waals surface area contributed by atoms with Crippen LogP contribution in [-0.2, 0) is 0 Å². The molecule has 126 valence electrons. The molecule has 3 N–H and O–H groups in total. The molecule has 2 unspecified atom stereocenters. The monoisotopic (exact) mass is 325 g/mol. The van der Waals surface area contributed by atoms with Crippen molar-refractivity contribution in [2.24, 2.45) is 11.7 Å². The fraction of sp³-hybridized carbons (Fsp3) is 0.421. The Hall–Kier alpha value is -2.61. The van der Waals surface area contributed by atoms with Crippen LogP contribution in [-0.4, -0.2) is 14.2 Å². The lowest BCUT2D eigenvalue weighted by Gasteiger charge is -2.37. The molecule has 0 aromatic heterocycles. The van der Waals surface area contributed by atoms with Gasteiger partial charge in [0.05, 0.1) is 25.8 Å². The highest BCUT2D eigenvalue weighted by Gasteiger charge is 2.34. The van der Waals surface area contributed by atoms with Crippen LogP contribution in [0.25, 0.3) is 0 Å². The molecule has 0 radical (unpaired) electrons. The quantitative estimate of drug-likeness (QED) is 0.892. The Morgan fingerprint density at radius 3 is 2.67 bits per heavy atom. The van der Waals surface area contributed by atoms with Gasteiger partial charge in [-0.3, -0.25) is 0 Å². The number of rotatable bonds is 3. The molecule has 0 amide bonds. The molecule has 5 heteroatoms. The summed E-state index contributed by atoms with van der Waals surface area (Å²) in [5.41, 5.74) is 10.2. The van der Waals surface area contributed by atoms with E-state index in [9.17, 15) is 5.26 Å². The summed E-state index contributed by atoms with van der Waals surface area (Å²) in [6.45, 7) is 2.22. The standard InChI is InChI=1S/C19H23N3O2/c1-11-5-4-6-13-14(10-20)19(21)22-18(17(11)13)12-7-8-15(23-2)16(9-12)24-3/h7-9,11,18,22H,4-6,21H2,1-3H3. The maximum atomic E-state index is 9.50. The SMILES string of the molecule is COc1ccc(C2NC(N)=C(C#N)C3=C2C(C)CCC3)cc1OC. The van der Waals surface area contributed by atoms with E-state index >= 15 is 0 Å². The maximum absolute atomic E-state index is 9.50. The molecule has 0 bridgehead atoms. The second-order valence-electron chi connectivity index (χ2n) is 6.32. The summed E-state index contributed by atoms with van der Waals surface area (Å²) in [5.74, 6) is 2.26. The number of hydrogen-bond donors (Lipinski definition) is 2. The molecule has 0 fully saturated rings. The first kappa shape index (κ1) is 16.3. The van der Waals surface area contributed by atoms with Crippen LogP contribution in [0.4, 0.5) is 0 Å². The van der Waals surface area contributed by atoms with Gasteiger partial charge in [0.2, 0.25) is 0 Å². The molecule has 1 aliphatic carbocycles. The Morgan fingerprint density at radius 2 is 2.00 bits per heavy atom. The lowest BCUT2D eigenvalue weighted by Crippen LogP contribution is -2.36. The van der Waals surface area contributed by atoms with Crippen LogP contribution in [0.2, 0.25) is 0 Å². The first-order valence-corrected chi connectivity index (χ1v) is 8.22. The van der Waals surface area contributed by atoms with Crippen LogP contribution in [0.1, 0.15) is 37.8 Å². The number of dihydropyridines is 1. The molecule has 3 rings (SSSR count). The summed E-state index contributed by atoms with van der Waals surface area (Å²) in [6.07, 6.45) is 3.13. The predicted molar refractivity (Wildman–Crippen MR) is 92.3 cm³/mol. The minimum absolute atomic E-state index is 0.0350. The first-order valence-electron chi connectivity index (χ1n) is 8.22. The molecule has 0 saturated heterocycles. The minimum Gasteiger partial charge on any atom is -0.493 e. The van der Waals surface area contributed by atoms with Crippen LogP contribution < -0.4 is 20.5 Å². The van der Waals surface area contributed by atoms with E-state index in [4.69, 9.17) is 15.2 Å². The number of nitrogens with zero attached hydrogens (tertiary/aromatic N) is 1. The molecule has 1 heterocycles. The number of nitrogens with one attached hydrogen (secondary N) is 1. The highest BCUT2D eigenvalue weighted by molar-refractivity contribution is 5.55. The van der Waals surface area contributed by atoms with Gasteiger partial charge < -0.3 is 20.5 Å². The van der Waals surface area contributed by atoms with Crippen molar-refractivity contribution < 1.29 is 9.47 Å². The molecular formula is C19H23N3O2. The summed E-state index contributed by atoms with van der Waals surface area (Å²) < 4.78 is 10.8. The van der Waals surface area contributed by atoms with Gasteiger partial charge in [0, 0.05) is 0 Å². The van der Waals surface area contributed by atoms with Crippen molar-refractivity contribution in [3.63, 3.8) is 0 Å². The van der Waals surface area contributed by atoms with E-state index in [1.165, 1.54) is 5.57 Å². The minimum atomic E-state index is -0.0350. The van der Waals surface area contributed by atoms with Gasteiger partial charge >= 0.3 is 0 Å². The van der Waals surface area contributed by atoms with Gasteiger partial charge in [-0.05, 0) is 54.0 Å². The second-order valence-corrected chi connectivity index (χ2v) is 6.32. The third-order valence-corrected chi connectivity index (χ3v) is 4.98. The van der Waals surface area contributed by atoms with Crippen molar-refractivity contribution in [1.82, 2.24) is 5.32 Å². The van der Waals surface area contributed by atoms with Gasteiger partial charge in [0.15, 0.2) is 11.5 Å². The van der Waals surface area contributed by atoms with Crippen LogP contribution >= 0.6 is 0 Å². The Balaban J connectivity index is 2.10. The topological polar surface area (TPSA) is 80.3 Å². The maximum Gasteiger partial charge on any atom is 0.161 e. The van der Waals surface area contributed by atoms with Crippen LogP contribution in [0.3, 0.4) is 0 Å². The zero-order valence-electron chi connectivity index (χ0n) is 14.3. The van der Waals surface area contributed by atoms with Crippen molar-refractivity contribution >= 4 is 0 Å². The van der Waals surface area contributed by atoms with Crippen molar-refractivity contribution in [1.29, 1.82) is 5.26 Å². The zero-order chi connectivity index (χ0) is 17.3. The molecule has 1 aromatic rings. The predicted octanol–water partition coefficient (Wildman–Crippen LogP) is 3.16. The van der Waals surface area contributed by atoms with Gasteiger partial charge in [-0.2, -0.15) is 5.26 Å². The number of methoxy groups -OCH3 is 2. The molecule has 24 heavy (non-hydrogen) atoms. The normalized spacial score (nSPS) is 23.2. The molecule has 2 aliphatic rings. The molecule has 1 aliphatic heterocycles. The molecule has 2 atom stereocenters. The van der Waals surface area contributed by atoms with Crippen molar-refractivity contribution in [2.75, 3.05) is 14.2 Å². The summed E-state index contributed by atoms with van der Waals surface area (Å²) in [5, 5.41) is 12.8. The third kappa shape index (κ3) is 2.58. The van der Waals surface area contributed by atoms with Crippen LogP contribution in [0.5, 0.6) is 11.5 Å². The van der Waals surface area contributed by atoms with Crippen LogP contribution in [0.15, 0.2) is 40.7 Å². The van der Waals surface area contributed by atoms with E-state index in [0.717, 1.165) is 30.4 Å². The van der Waals surface area contributed by atoms with Crippen molar-refractivity contribution in [2.45, 2.75) is 32.2 Å². The lowest BCUT2D eigenvalue weighted by molar-refractivity contribution is 0.354. The summed E-state index contributed by atoms with van der Waals surface area (Å²) in [7, 11) is 3.26. The molecule has 0 spiro atoms. The molecule has 0 saturated carbocycles. The summed E-state index contributed by atoms with van der Waals surface area (Å²) in [4.78, 5) is 0. The number of nitrogens with two attached hydrogens (primary N) is 1. The molecular weight excluding hydrogens is 302 g/mol. The zero-order valence-corrected chi connectivity index (χ0v) is 14.3. The Kier molecular flexibility index (Phi) is 4.39. The summed E-state index contributed by atoms with van der Waals surface area (Å²) in [6, 6.07) is 8.15. The number of allylic oxidation sites excluding steroid dienone is 2. The lowest BCUT2D eigenvalue weighted by atomic mass is 9.74. The van der Waals surface area contributed by atoms with Gasteiger partial charge in [-0.15, -0.1) is 0 Å². The molecule has 5 nitrogen and oxygen atoms in total. The fourth-order valence-corrected chi connectivity index (χ4v) is 3.80. The average Bonchev–Trinajstić information content (AvgIpc) is 2.60. The van der Waals surface area contributed by atoms with E-state index < -0.39 is 0 Å². The van der Waals surface area contributed by atoms with E-state index in [1.807, 2.05) is 18.2 Å². The Morgan fingerprint density at radius 1 is 1.25 bits per heavy atom. The summed E-state index contributed by atoms with van der Waals surface area (Å²) >= 11 is 0. The van der Waals surface area contributed by atoms with Gasteiger partial charge in [-0.25, -0.2) is 0 Å². The van der Waals surface area contributed by atoms with Gasteiger partial charge in [0.1, 0.15) is 11.9 Å². The smallest absolute Gasteiger partial charge is 0.161 e. The first-order chi connectivity index (χ1) is 11.6. The van der Waals surface area contributed by atoms with E-state index in [2.05, 4.69) is 18.3 Å².